The fourth-order valence-corrected chi connectivity index (χ4v) is 6.86. The topological polar surface area (TPSA) is 56.7 Å². The molecule has 3 heterocycles. The number of fused-ring (bicyclic) bond motifs is 9. The van der Waals surface area contributed by atoms with Crippen LogP contribution in [0.15, 0.2) is 163 Å². The van der Waals surface area contributed by atoms with Crippen molar-refractivity contribution < 1.29 is 4.42 Å². The summed E-state index contributed by atoms with van der Waals surface area (Å²) in [5.41, 5.74) is 7.25. The van der Waals surface area contributed by atoms with Crippen LogP contribution in [0, 0.1) is 0 Å². The van der Waals surface area contributed by atoms with Crippen molar-refractivity contribution in [3.63, 3.8) is 0 Å². The van der Waals surface area contributed by atoms with Gasteiger partial charge in [-0.05, 0) is 36.6 Å². The van der Waals surface area contributed by atoms with Crippen molar-refractivity contribution in [2.24, 2.45) is 0 Å². The molecule has 0 spiro atoms. The Morgan fingerprint density at radius 2 is 1.37 bits per heavy atom. The highest BCUT2D eigenvalue weighted by Crippen LogP contribution is 2.46. The Morgan fingerprint density at radius 1 is 0.653 bits per heavy atom. The van der Waals surface area contributed by atoms with Crippen LogP contribution in [0.25, 0.3) is 88.6 Å². The van der Waals surface area contributed by atoms with E-state index < -0.39 is 0 Å². The zero-order valence-corrected chi connectivity index (χ0v) is 26.8. The Morgan fingerprint density at radius 3 is 2.18 bits per heavy atom. The molecule has 0 saturated heterocycles. The molecule has 0 aliphatic carbocycles. The van der Waals surface area contributed by atoms with Gasteiger partial charge in [-0.3, -0.25) is 0 Å². The number of hydrogen-bond donors (Lipinski definition) is 0. The fraction of sp³-hybridized carbons (Fsp3) is 0.0227. The maximum Gasteiger partial charge on any atom is 0.166 e. The van der Waals surface area contributed by atoms with Crippen molar-refractivity contribution in [1.82, 2.24) is 19.5 Å². The van der Waals surface area contributed by atoms with Gasteiger partial charge in [0.1, 0.15) is 11.2 Å². The van der Waals surface area contributed by atoms with Crippen molar-refractivity contribution in [2.75, 3.05) is 0 Å². The number of para-hydroxylation sites is 2. The highest BCUT2D eigenvalue weighted by atomic mass is 16.3. The minimum absolute atomic E-state index is 0.516. The van der Waals surface area contributed by atoms with Gasteiger partial charge in [0.2, 0.25) is 0 Å². The number of benzene rings is 6. The monoisotopic (exact) mass is 630 g/mol. The third-order valence-electron chi connectivity index (χ3n) is 9.07. The van der Waals surface area contributed by atoms with E-state index in [9.17, 15) is 0 Å². The van der Waals surface area contributed by atoms with Gasteiger partial charge in [-0.2, -0.15) is 0 Å². The molecule has 9 aromatic rings. The van der Waals surface area contributed by atoms with Crippen molar-refractivity contribution in [1.29, 1.82) is 0 Å². The molecular formula is C44H30N4O. The molecule has 0 aliphatic rings. The van der Waals surface area contributed by atoms with Crippen LogP contribution >= 0.6 is 0 Å². The quantitative estimate of drug-likeness (QED) is 0.172. The Kier molecular flexibility index (Phi) is 6.76. The van der Waals surface area contributed by atoms with Crippen molar-refractivity contribution in [2.45, 2.75) is 6.92 Å². The number of nitrogens with zero attached hydrogens (tertiary/aromatic N) is 4. The van der Waals surface area contributed by atoms with Gasteiger partial charge in [0.05, 0.1) is 16.4 Å². The minimum atomic E-state index is 0.516. The van der Waals surface area contributed by atoms with Gasteiger partial charge >= 0.3 is 0 Å². The lowest BCUT2D eigenvalue weighted by atomic mass is 10.0. The second-order valence-corrected chi connectivity index (χ2v) is 12.1. The van der Waals surface area contributed by atoms with Gasteiger partial charge in [-0.1, -0.05) is 134 Å². The maximum atomic E-state index is 6.74. The molecule has 0 N–H and O–H groups in total. The molecule has 0 atom stereocenters. The van der Waals surface area contributed by atoms with Gasteiger partial charge < -0.3 is 8.98 Å². The second kappa shape index (κ2) is 11.6. The maximum absolute atomic E-state index is 6.74. The summed E-state index contributed by atoms with van der Waals surface area (Å²) in [6.07, 6.45) is 7.83. The van der Waals surface area contributed by atoms with Gasteiger partial charge in [-0.15, -0.1) is 0 Å². The predicted molar refractivity (Wildman–Crippen MR) is 203 cm³/mol. The molecule has 5 nitrogen and oxygen atoms in total. The summed E-state index contributed by atoms with van der Waals surface area (Å²) in [5, 5.41) is 6.48. The standard InChI is InChI=1S/C44H30N4O/c1-3-4-7-16-28(2)42-45-43(30-18-8-5-9-19-30)47-44(46-42)36-27-35-33-23-14-15-24-37(33)49-41(35)38-34-26-25-29-17-12-13-22-32(29)39(34)48(40(36)38)31-20-10-6-11-21-31/h3-27H,2H2,1H3/b4-3-,16-7-. The van der Waals surface area contributed by atoms with E-state index in [1.54, 1.807) is 0 Å². The lowest BCUT2D eigenvalue weighted by molar-refractivity contribution is 0.673. The molecule has 0 radical (unpaired) electrons. The number of rotatable bonds is 6. The minimum Gasteiger partial charge on any atom is -0.455 e. The summed E-state index contributed by atoms with van der Waals surface area (Å²) in [6.45, 7) is 6.34. The molecule has 232 valence electrons. The average molecular weight is 631 g/mol. The first-order valence-electron chi connectivity index (χ1n) is 16.4. The number of allylic oxidation sites excluding steroid dienone is 5. The molecule has 49 heavy (non-hydrogen) atoms. The van der Waals surface area contributed by atoms with E-state index in [1.165, 1.54) is 0 Å². The van der Waals surface area contributed by atoms with E-state index in [0.29, 0.717) is 23.0 Å². The van der Waals surface area contributed by atoms with Crippen LogP contribution in [-0.4, -0.2) is 19.5 Å². The summed E-state index contributed by atoms with van der Waals surface area (Å²) in [4.78, 5) is 15.3. The van der Waals surface area contributed by atoms with Crippen LogP contribution in [0.2, 0.25) is 0 Å². The molecular weight excluding hydrogens is 601 g/mol. The summed E-state index contributed by atoms with van der Waals surface area (Å²) < 4.78 is 9.09. The molecule has 0 fully saturated rings. The van der Waals surface area contributed by atoms with Gasteiger partial charge in [0.15, 0.2) is 17.5 Å². The smallest absolute Gasteiger partial charge is 0.166 e. The van der Waals surface area contributed by atoms with Crippen molar-refractivity contribution in [3.05, 3.63) is 164 Å². The Bertz CT molecular complexity index is 2790. The van der Waals surface area contributed by atoms with Crippen LogP contribution in [0.1, 0.15) is 12.7 Å². The molecule has 5 heteroatoms. The Hall–Kier alpha value is -6.59. The fourth-order valence-electron chi connectivity index (χ4n) is 6.86. The number of furan rings is 1. The number of hydrogen-bond acceptors (Lipinski definition) is 4. The van der Waals surface area contributed by atoms with E-state index in [2.05, 4.69) is 90.0 Å². The summed E-state index contributed by atoms with van der Waals surface area (Å²) >= 11 is 0. The Balaban J connectivity index is 1.49. The lowest BCUT2D eigenvalue weighted by Gasteiger charge is -2.13. The highest BCUT2D eigenvalue weighted by molar-refractivity contribution is 6.30. The predicted octanol–water partition coefficient (Wildman–Crippen LogP) is 11.5. The zero-order valence-electron chi connectivity index (χ0n) is 26.8. The molecule has 0 bridgehead atoms. The molecule has 3 aromatic heterocycles. The van der Waals surface area contributed by atoms with Gasteiger partial charge in [-0.25, -0.2) is 15.0 Å². The molecule has 6 aromatic carbocycles. The van der Waals surface area contributed by atoms with Crippen LogP contribution in [-0.2, 0) is 0 Å². The normalized spacial score (nSPS) is 12.1. The van der Waals surface area contributed by atoms with Gasteiger partial charge in [0, 0.05) is 43.9 Å². The highest BCUT2D eigenvalue weighted by Gasteiger charge is 2.26. The van der Waals surface area contributed by atoms with E-state index >= 15 is 0 Å². The SMILES string of the molecule is C=C(/C=C\C=C/C)c1nc(-c2ccccc2)nc(-c2cc3c4ccccc4oc3c3c4ccc5ccccc5c4n(-c4ccccc4)c23)n1. The van der Waals surface area contributed by atoms with Crippen molar-refractivity contribution >= 4 is 60.1 Å². The van der Waals surface area contributed by atoms with E-state index in [4.69, 9.17) is 19.4 Å². The van der Waals surface area contributed by atoms with Crippen molar-refractivity contribution in [3.8, 4) is 28.5 Å². The third kappa shape index (κ3) is 4.67. The molecule has 0 aliphatic heterocycles. The summed E-state index contributed by atoms with van der Waals surface area (Å²) in [7, 11) is 0. The van der Waals surface area contributed by atoms with E-state index in [1.807, 2.05) is 79.8 Å². The summed E-state index contributed by atoms with van der Waals surface area (Å²) in [5.74, 6) is 1.66. The first kappa shape index (κ1) is 28.6. The van der Waals surface area contributed by atoms with Crippen LogP contribution in [0.5, 0.6) is 0 Å². The largest absolute Gasteiger partial charge is 0.455 e. The van der Waals surface area contributed by atoms with Crippen LogP contribution in [0.3, 0.4) is 0 Å². The molecule has 0 unspecified atom stereocenters. The molecule has 0 saturated carbocycles. The first-order chi connectivity index (χ1) is 24.2. The van der Waals surface area contributed by atoms with E-state index in [-0.39, 0.29) is 0 Å². The second-order valence-electron chi connectivity index (χ2n) is 12.1. The number of aromatic nitrogens is 4. The van der Waals surface area contributed by atoms with E-state index in [0.717, 1.165) is 71.3 Å². The zero-order chi connectivity index (χ0) is 32.9. The Labute approximate surface area is 282 Å². The third-order valence-corrected chi connectivity index (χ3v) is 9.07. The molecule has 0 amide bonds. The lowest BCUT2D eigenvalue weighted by Crippen LogP contribution is -2.03. The molecule has 9 rings (SSSR count). The van der Waals surface area contributed by atoms with Crippen LogP contribution < -0.4 is 0 Å². The summed E-state index contributed by atoms with van der Waals surface area (Å²) in [6, 6.07) is 43.9. The average Bonchev–Trinajstić information content (AvgIpc) is 3.71. The van der Waals surface area contributed by atoms with Gasteiger partial charge in [0.25, 0.3) is 0 Å². The first-order valence-corrected chi connectivity index (χ1v) is 16.4. The van der Waals surface area contributed by atoms with Crippen LogP contribution in [0.4, 0.5) is 0 Å².